The van der Waals surface area contributed by atoms with E-state index in [9.17, 15) is 0 Å². The van der Waals surface area contributed by atoms with Crippen LogP contribution in [-0.2, 0) is 0 Å². The number of alkyl halides is 1. The van der Waals surface area contributed by atoms with Crippen molar-refractivity contribution < 1.29 is 0 Å². The average molecular weight is 261 g/mol. The molecule has 0 N–H and O–H groups in total. The molecular weight excluding hydrogens is 232 g/mol. The largest absolute Gasteiger partial charge is 0.301 e. The van der Waals surface area contributed by atoms with Crippen molar-refractivity contribution in [2.24, 2.45) is 5.92 Å². The van der Waals surface area contributed by atoms with E-state index in [1.54, 1.807) is 0 Å². The van der Waals surface area contributed by atoms with Crippen molar-refractivity contribution in [3.05, 3.63) is 0 Å². The Morgan fingerprint density at radius 3 is 2.12 bits per heavy atom. The van der Waals surface area contributed by atoms with Gasteiger partial charge in [-0.15, -0.1) is 11.6 Å². The van der Waals surface area contributed by atoms with Gasteiger partial charge in [-0.1, -0.05) is 6.92 Å². The van der Waals surface area contributed by atoms with Crippen LogP contribution in [0.5, 0.6) is 0 Å². The summed E-state index contributed by atoms with van der Waals surface area (Å²) < 4.78 is 0. The molecule has 0 aromatic rings. The van der Waals surface area contributed by atoms with Crippen LogP contribution in [-0.4, -0.2) is 53.9 Å². The number of hydrogen-bond donors (Lipinski definition) is 0. The lowest BCUT2D eigenvalue weighted by Gasteiger charge is -2.42. The molecule has 0 aliphatic carbocycles. The summed E-state index contributed by atoms with van der Waals surface area (Å²) in [6, 6.07) is 0. The molecule has 1 saturated heterocycles. The Labute approximate surface area is 112 Å². The third kappa shape index (κ3) is 5.58. The second-order valence-corrected chi connectivity index (χ2v) is 6.75. The molecule has 0 spiro atoms. The second-order valence-electron chi connectivity index (χ2n) is 6.37. The average Bonchev–Trinajstić information content (AvgIpc) is 2.26. The first-order chi connectivity index (χ1) is 7.93. The maximum atomic E-state index is 5.77. The summed E-state index contributed by atoms with van der Waals surface area (Å²) in [5.74, 6) is 1.58. The van der Waals surface area contributed by atoms with Crippen LogP contribution in [0.25, 0.3) is 0 Å². The topological polar surface area (TPSA) is 6.48 Å². The highest BCUT2D eigenvalue weighted by molar-refractivity contribution is 6.17. The fourth-order valence-electron chi connectivity index (χ4n) is 2.38. The molecule has 1 aliphatic heterocycles. The Balaban J connectivity index is 2.19. The van der Waals surface area contributed by atoms with Crippen molar-refractivity contribution in [2.75, 3.05) is 38.6 Å². The molecule has 1 heterocycles. The molecule has 1 atom stereocenters. The zero-order chi connectivity index (χ0) is 12.9. The van der Waals surface area contributed by atoms with Crippen LogP contribution in [0.2, 0.25) is 0 Å². The van der Waals surface area contributed by atoms with Crippen LogP contribution in [0.3, 0.4) is 0 Å². The van der Waals surface area contributed by atoms with E-state index in [1.807, 2.05) is 0 Å². The summed E-state index contributed by atoms with van der Waals surface area (Å²) in [4.78, 5) is 5.19. The fourth-order valence-corrected chi connectivity index (χ4v) is 2.75. The lowest BCUT2D eigenvalue weighted by atomic mass is 10.0. The van der Waals surface area contributed by atoms with Crippen LogP contribution in [0.4, 0.5) is 0 Å². The second kappa shape index (κ2) is 6.96. The predicted octanol–water partition coefficient (Wildman–Crippen LogP) is 3.06. The smallest absolute Gasteiger partial charge is 0.0225 e. The third-order valence-electron chi connectivity index (χ3n) is 3.86. The molecule has 1 fully saturated rings. The minimum absolute atomic E-state index is 0.331. The molecule has 0 radical (unpaired) electrons. The zero-order valence-electron chi connectivity index (χ0n) is 12.0. The van der Waals surface area contributed by atoms with Crippen molar-refractivity contribution >= 4 is 11.6 Å². The van der Waals surface area contributed by atoms with Crippen molar-refractivity contribution in [2.45, 2.75) is 46.1 Å². The van der Waals surface area contributed by atoms with Crippen molar-refractivity contribution in [1.82, 2.24) is 9.80 Å². The Bertz CT molecular complexity index is 205. The van der Waals surface area contributed by atoms with Crippen molar-refractivity contribution in [3.63, 3.8) is 0 Å². The minimum atomic E-state index is 0.331. The summed E-state index contributed by atoms with van der Waals surface area (Å²) in [5.41, 5.74) is 0.331. The van der Waals surface area contributed by atoms with E-state index in [-0.39, 0.29) is 0 Å². The van der Waals surface area contributed by atoms with Crippen LogP contribution >= 0.6 is 11.6 Å². The van der Waals surface area contributed by atoms with Crippen LogP contribution in [0, 0.1) is 5.92 Å². The minimum Gasteiger partial charge on any atom is -0.301 e. The molecular formula is C14H29ClN2. The maximum absolute atomic E-state index is 5.77. The molecule has 0 saturated carbocycles. The van der Waals surface area contributed by atoms with E-state index in [0.29, 0.717) is 5.54 Å². The van der Waals surface area contributed by atoms with Gasteiger partial charge >= 0.3 is 0 Å². The first-order valence-electron chi connectivity index (χ1n) is 6.97. The fraction of sp³-hybridized carbons (Fsp3) is 1.00. The van der Waals surface area contributed by atoms with E-state index in [2.05, 4.69) is 37.5 Å². The standard InChI is InChI=1S/C14H29ClN2/c1-13(5-7-15)6-8-16-9-11-17(12-10-16)14(2,3)4/h13H,5-12H2,1-4H3. The van der Waals surface area contributed by atoms with Gasteiger partial charge < -0.3 is 4.90 Å². The molecule has 17 heavy (non-hydrogen) atoms. The van der Waals surface area contributed by atoms with E-state index in [1.165, 1.54) is 39.1 Å². The summed E-state index contributed by atoms with van der Waals surface area (Å²) in [6.45, 7) is 15.4. The molecule has 0 bridgehead atoms. The number of hydrogen-bond acceptors (Lipinski definition) is 2. The summed E-state index contributed by atoms with van der Waals surface area (Å²) in [5, 5.41) is 0. The van der Waals surface area contributed by atoms with Gasteiger partial charge in [0.2, 0.25) is 0 Å². The van der Waals surface area contributed by atoms with Gasteiger partial charge in [0.15, 0.2) is 0 Å². The lowest BCUT2D eigenvalue weighted by molar-refractivity contribution is 0.0601. The quantitative estimate of drug-likeness (QED) is 0.701. The molecule has 1 aliphatic rings. The van der Waals surface area contributed by atoms with Gasteiger partial charge in [0.25, 0.3) is 0 Å². The predicted molar refractivity (Wildman–Crippen MR) is 76.9 cm³/mol. The third-order valence-corrected chi connectivity index (χ3v) is 4.08. The number of piperazine rings is 1. The molecule has 102 valence electrons. The van der Waals surface area contributed by atoms with Crippen LogP contribution in [0.15, 0.2) is 0 Å². The Morgan fingerprint density at radius 2 is 1.65 bits per heavy atom. The van der Waals surface area contributed by atoms with Gasteiger partial charge in [0, 0.05) is 37.6 Å². The number of nitrogens with zero attached hydrogens (tertiary/aromatic N) is 2. The van der Waals surface area contributed by atoms with E-state index in [0.717, 1.165) is 18.2 Å². The summed E-state index contributed by atoms with van der Waals surface area (Å²) in [6.07, 6.45) is 2.45. The molecule has 0 aromatic heterocycles. The maximum Gasteiger partial charge on any atom is 0.0225 e. The van der Waals surface area contributed by atoms with E-state index < -0.39 is 0 Å². The first-order valence-corrected chi connectivity index (χ1v) is 7.50. The zero-order valence-corrected chi connectivity index (χ0v) is 12.8. The molecule has 1 rings (SSSR count). The van der Waals surface area contributed by atoms with E-state index >= 15 is 0 Å². The summed E-state index contributed by atoms with van der Waals surface area (Å²) >= 11 is 5.77. The van der Waals surface area contributed by atoms with Gasteiger partial charge in [0.05, 0.1) is 0 Å². The number of halogens is 1. The molecule has 2 nitrogen and oxygen atoms in total. The monoisotopic (exact) mass is 260 g/mol. The van der Waals surface area contributed by atoms with Gasteiger partial charge in [-0.2, -0.15) is 0 Å². The highest BCUT2D eigenvalue weighted by atomic mass is 35.5. The highest BCUT2D eigenvalue weighted by Gasteiger charge is 2.25. The Kier molecular flexibility index (Phi) is 6.25. The highest BCUT2D eigenvalue weighted by Crippen LogP contribution is 2.17. The van der Waals surface area contributed by atoms with Gasteiger partial charge in [0.1, 0.15) is 0 Å². The number of rotatable bonds is 5. The van der Waals surface area contributed by atoms with Crippen LogP contribution in [0.1, 0.15) is 40.5 Å². The molecule has 1 unspecified atom stereocenters. The van der Waals surface area contributed by atoms with Gasteiger partial charge in [-0.3, -0.25) is 4.90 Å². The first kappa shape index (κ1) is 15.3. The van der Waals surface area contributed by atoms with Crippen molar-refractivity contribution in [3.8, 4) is 0 Å². The van der Waals surface area contributed by atoms with Crippen LogP contribution < -0.4 is 0 Å². The molecule has 0 amide bonds. The Morgan fingerprint density at radius 1 is 1.06 bits per heavy atom. The van der Waals surface area contributed by atoms with E-state index in [4.69, 9.17) is 11.6 Å². The van der Waals surface area contributed by atoms with Gasteiger partial charge in [-0.25, -0.2) is 0 Å². The molecule has 3 heteroatoms. The summed E-state index contributed by atoms with van der Waals surface area (Å²) in [7, 11) is 0. The molecule has 0 aromatic carbocycles. The Hall–Kier alpha value is 0.210. The normalized spacial score (nSPS) is 21.7. The van der Waals surface area contributed by atoms with Crippen molar-refractivity contribution in [1.29, 1.82) is 0 Å². The van der Waals surface area contributed by atoms with Gasteiger partial charge in [-0.05, 0) is 46.1 Å². The lowest BCUT2D eigenvalue weighted by Crippen LogP contribution is -2.53. The SMILES string of the molecule is CC(CCCl)CCN1CCN(C(C)(C)C)CC1.